The molecular weight excluding hydrogens is 641 g/mol. The molecule has 1 unspecified atom stereocenters. The summed E-state index contributed by atoms with van der Waals surface area (Å²) in [6.07, 6.45) is 2.46. The van der Waals surface area contributed by atoms with Crippen molar-refractivity contribution < 1.29 is 14.1 Å². The van der Waals surface area contributed by atoms with Crippen LogP contribution in [0.4, 0.5) is 17.1 Å². The molecule has 2 N–H and O–H groups in total. The Balaban J connectivity index is 1.18. The van der Waals surface area contributed by atoms with Crippen LogP contribution in [0.1, 0.15) is 37.6 Å². The Morgan fingerprint density at radius 3 is 2.24 bits per heavy atom. The van der Waals surface area contributed by atoms with E-state index in [9.17, 15) is 14.9 Å². The van der Waals surface area contributed by atoms with Gasteiger partial charge >= 0.3 is 0 Å². The number of para-hydroxylation sites is 2. The van der Waals surface area contributed by atoms with Gasteiger partial charge in [0.2, 0.25) is 0 Å². The highest BCUT2D eigenvalue weighted by molar-refractivity contribution is 6.99. The normalized spacial score (nSPS) is 14.9. The molecule has 0 radical (unpaired) electrons. The second kappa shape index (κ2) is 13.4. The molecule has 1 aliphatic heterocycles. The van der Waals surface area contributed by atoms with Crippen LogP contribution in [0, 0.1) is 10.1 Å². The first kappa shape index (κ1) is 33.0. The Labute approximate surface area is 293 Å². The van der Waals surface area contributed by atoms with Crippen LogP contribution in [-0.4, -0.2) is 43.3 Å². The van der Waals surface area contributed by atoms with E-state index in [2.05, 4.69) is 79.6 Å². The maximum Gasteiger partial charge on any atom is 0.277 e. The summed E-state index contributed by atoms with van der Waals surface area (Å²) in [5, 5.41) is 19.2. The van der Waals surface area contributed by atoms with Crippen LogP contribution in [0.15, 0.2) is 134 Å². The smallest absolute Gasteiger partial charge is 0.277 e. The van der Waals surface area contributed by atoms with Crippen LogP contribution < -0.4 is 20.6 Å². The highest BCUT2D eigenvalue weighted by Gasteiger charge is 2.50. The van der Waals surface area contributed by atoms with Gasteiger partial charge in [-0.1, -0.05) is 99.6 Å². The third kappa shape index (κ3) is 6.10. The Bertz CT molecular complexity index is 2120. The van der Waals surface area contributed by atoms with Crippen molar-refractivity contribution in [1.29, 1.82) is 0 Å². The van der Waals surface area contributed by atoms with Gasteiger partial charge in [0.1, 0.15) is 0 Å². The summed E-state index contributed by atoms with van der Waals surface area (Å²) in [6, 6.07) is 41.2. The van der Waals surface area contributed by atoms with E-state index < -0.39 is 13.2 Å². The van der Waals surface area contributed by atoms with Gasteiger partial charge in [0.25, 0.3) is 19.9 Å². The van der Waals surface area contributed by atoms with E-state index in [0.717, 1.165) is 27.8 Å². The third-order valence-corrected chi connectivity index (χ3v) is 14.7. The fourth-order valence-electron chi connectivity index (χ4n) is 7.29. The van der Waals surface area contributed by atoms with Crippen molar-refractivity contribution in [1.82, 2.24) is 4.98 Å². The van der Waals surface area contributed by atoms with Gasteiger partial charge in [0.05, 0.1) is 28.5 Å². The molecule has 0 bridgehead atoms. The van der Waals surface area contributed by atoms with Crippen molar-refractivity contribution in [2.24, 2.45) is 0 Å². The SMILES string of the molecule is CC(C)(C)[Si](OCC1CCN(C(=O)c2ccc(-c3ccc4[nH]ccc4c3)c([N+](=O)[O-])c2)c2ccccc2N1)(c1ccccc1)c1ccccc1. The molecule has 0 spiro atoms. The number of anilines is 2. The number of aromatic amines is 1. The maximum atomic E-state index is 14.3. The van der Waals surface area contributed by atoms with Crippen molar-refractivity contribution >= 4 is 52.6 Å². The van der Waals surface area contributed by atoms with Gasteiger partial charge < -0.3 is 19.6 Å². The second-order valence-corrected chi connectivity index (χ2v) is 18.2. The molecule has 8 nitrogen and oxygen atoms in total. The van der Waals surface area contributed by atoms with Crippen LogP contribution in [0.25, 0.3) is 22.0 Å². The zero-order chi connectivity index (χ0) is 34.9. The number of fused-ring (bicyclic) bond motifs is 2. The van der Waals surface area contributed by atoms with Gasteiger partial charge in [-0.3, -0.25) is 14.9 Å². The van der Waals surface area contributed by atoms with E-state index in [1.807, 2.05) is 66.9 Å². The molecule has 252 valence electrons. The molecule has 1 aliphatic rings. The fraction of sp³-hybridized carbons (Fsp3) is 0.195. The molecule has 1 atom stereocenters. The zero-order valence-corrected chi connectivity index (χ0v) is 29.4. The number of H-pyrrole nitrogens is 1. The van der Waals surface area contributed by atoms with Crippen LogP contribution in [-0.2, 0) is 4.43 Å². The number of nitro benzene ring substituents is 1. The summed E-state index contributed by atoms with van der Waals surface area (Å²) in [6.45, 7) is 7.64. The number of hydrogen-bond acceptors (Lipinski definition) is 5. The molecule has 9 heteroatoms. The average molecular weight is 681 g/mol. The van der Waals surface area contributed by atoms with Gasteiger partial charge in [-0.2, -0.15) is 0 Å². The highest BCUT2D eigenvalue weighted by Crippen LogP contribution is 2.38. The molecule has 5 aromatic carbocycles. The lowest BCUT2D eigenvalue weighted by molar-refractivity contribution is -0.384. The van der Waals surface area contributed by atoms with Gasteiger partial charge in [-0.15, -0.1) is 0 Å². The number of nitrogens with zero attached hydrogens (tertiary/aromatic N) is 2. The first-order valence-electron chi connectivity index (χ1n) is 16.9. The summed E-state index contributed by atoms with van der Waals surface area (Å²) >= 11 is 0. The van der Waals surface area contributed by atoms with Crippen LogP contribution in [0.5, 0.6) is 0 Å². The zero-order valence-electron chi connectivity index (χ0n) is 28.4. The topological polar surface area (TPSA) is 100 Å². The van der Waals surface area contributed by atoms with Crippen molar-refractivity contribution in [3.05, 3.63) is 149 Å². The Hall–Kier alpha value is -5.51. The predicted octanol–water partition coefficient (Wildman–Crippen LogP) is 8.15. The summed E-state index contributed by atoms with van der Waals surface area (Å²) in [5.74, 6) is -0.288. The lowest BCUT2D eigenvalue weighted by atomic mass is 9.99. The van der Waals surface area contributed by atoms with E-state index in [0.29, 0.717) is 25.1 Å². The average Bonchev–Trinajstić information content (AvgIpc) is 3.52. The monoisotopic (exact) mass is 680 g/mol. The van der Waals surface area contributed by atoms with Crippen LogP contribution in [0.3, 0.4) is 0 Å². The van der Waals surface area contributed by atoms with Crippen molar-refractivity contribution in [3.63, 3.8) is 0 Å². The third-order valence-electron chi connectivity index (χ3n) is 9.72. The number of hydrogen-bond donors (Lipinski definition) is 2. The van der Waals surface area contributed by atoms with Gasteiger partial charge in [0, 0.05) is 35.9 Å². The standard InChI is InChI=1S/C41H40N4O4Si/c1-41(2,3)50(33-12-6-4-7-13-33,34-14-8-5-9-15-34)49-28-32-23-25-44(38-17-11-10-16-37(38)43-32)40(46)31-18-20-35(39(27-31)45(47)48)29-19-21-36-30(26-29)22-24-42-36/h4-22,24,26-27,32,42-43H,23,25,28H2,1-3H3. The number of carbonyl (C=O) groups excluding carboxylic acids is 1. The predicted molar refractivity (Wildman–Crippen MR) is 204 cm³/mol. The summed E-state index contributed by atoms with van der Waals surface area (Å²) in [7, 11) is -2.78. The van der Waals surface area contributed by atoms with E-state index in [1.165, 1.54) is 16.4 Å². The summed E-state index contributed by atoms with van der Waals surface area (Å²) in [5.41, 5.74) is 3.84. The summed E-state index contributed by atoms with van der Waals surface area (Å²) < 4.78 is 7.27. The van der Waals surface area contributed by atoms with E-state index in [4.69, 9.17) is 4.43 Å². The molecule has 6 aromatic rings. The molecule has 2 heterocycles. The minimum Gasteiger partial charge on any atom is -0.405 e. The quantitative estimate of drug-likeness (QED) is 0.0960. The molecule has 1 amide bonds. The summed E-state index contributed by atoms with van der Waals surface area (Å²) in [4.78, 5) is 31.1. The fourth-order valence-corrected chi connectivity index (χ4v) is 11.9. The molecule has 0 aliphatic carbocycles. The first-order valence-corrected chi connectivity index (χ1v) is 18.8. The molecule has 0 fully saturated rings. The van der Waals surface area contributed by atoms with Crippen molar-refractivity contribution in [2.45, 2.75) is 38.3 Å². The van der Waals surface area contributed by atoms with Crippen LogP contribution >= 0.6 is 0 Å². The molecule has 7 rings (SSSR count). The maximum absolute atomic E-state index is 14.3. The number of aromatic nitrogens is 1. The first-order chi connectivity index (χ1) is 24.2. The number of nitrogens with one attached hydrogen (secondary N) is 2. The minimum atomic E-state index is -2.78. The number of rotatable bonds is 8. The molecule has 0 saturated heterocycles. The Kier molecular flexibility index (Phi) is 8.86. The molecule has 50 heavy (non-hydrogen) atoms. The molecular formula is C41H40N4O4Si. The van der Waals surface area contributed by atoms with E-state index >= 15 is 0 Å². The van der Waals surface area contributed by atoms with Gasteiger partial charge in [0.15, 0.2) is 0 Å². The van der Waals surface area contributed by atoms with E-state index in [1.54, 1.807) is 17.0 Å². The largest absolute Gasteiger partial charge is 0.405 e. The van der Waals surface area contributed by atoms with Crippen molar-refractivity contribution in [2.75, 3.05) is 23.4 Å². The van der Waals surface area contributed by atoms with Crippen molar-refractivity contribution in [3.8, 4) is 11.1 Å². The molecule has 0 saturated carbocycles. The lowest BCUT2D eigenvalue weighted by Crippen LogP contribution is -2.67. The number of amides is 1. The Morgan fingerprint density at radius 1 is 0.880 bits per heavy atom. The highest BCUT2D eigenvalue weighted by atomic mass is 28.4. The number of nitro groups is 1. The second-order valence-electron chi connectivity index (χ2n) is 13.8. The minimum absolute atomic E-state index is 0.0874. The van der Waals surface area contributed by atoms with Crippen LogP contribution in [0.2, 0.25) is 5.04 Å². The number of benzene rings is 5. The van der Waals surface area contributed by atoms with Gasteiger partial charge in [-0.25, -0.2) is 0 Å². The van der Waals surface area contributed by atoms with Gasteiger partial charge in [-0.05, 0) is 75.2 Å². The Morgan fingerprint density at radius 2 is 1.56 bits per heavy atom. The van der Waals surface area contributed by atoms with E-state index in [-0.39, 0.29) is 28.2 Å². The molecule has 1 aromatic heterocycles. The lowest BCUT2D eigenvalue weighted by Gasteiger charge is -2.43. The number of carbonyl (C=O) groups is 1.